The van der Waals surface area contributed by atoms with Gasteiger partial charge < -0.3 is 15.4 Å². The van der Waals surface area contributed by atoms with E-state index in [9.17, 15) is 0 Å². The topological polar surface area (TPSA) is 45.7 Å². The van der Waals surface area contributed by atoms with Crippen LogP contribution in [0.15, 0.2) is 35.3 Å². The summed E-state index contributed by atoms with van der Waals surface area (Å²) in [7, 11) is 3.65. The van der Waals surface area contributed by atoms with Crippen LogP contribution >= 0.6 is 0 Å². The average molecular weight is 247 g/mol. The first-order valence-electron chi connectivity index (χ1n) is 6.40. The molecule has 0 unspecified atom stereocenters. The van der Waals surface area contributed by atoms with E-state index in [1.807, 2.05) is 13.1 Å². The van der Waals surface area contributed by atoms with Crippen LogP contribution in [0.4, 0.5) is 0 Å². The van der Waals surface area contributed by atoms with Crippen molar-refractivity contribution in [2.75, 3.05) is 27.2 Å². The highest BCUT2D eigenvalue weighted by Gasteiger charge is 2.29. The summed E-state index contributed by atoms with van der Waals surface area (Å²) in [6.07, 6.45) is 1.29. The normalized spacial score (nSPS) is 24.0. The molecule has 0 aliphatic carbocycles. The van der Waals surface area contributed by atoms with E-state index in [1.165, 1.54) is 5.56 Å². The van der Waals surface area contributed by atoms with Crippen LogP contribution in [0, 0.1) is 5.92 Å². The SMILES string of the molecule is CN=C(NC)NC[C@@H]1CCO[C@H]1c1ccccc1. The number of aliphatic imine (C=N–C) groups is 1. The Bertz CT molecular complexity index is 391. The van der Waals surface area contributed by atoms with E-state index in [0.717, 1.165) is 25.5 Å². The Morgan fingerprint density at radius 2 is 2.17 bits per heavy atom. The fourth-order valence-electron chi connectivity index (χ4n) is 2.36. The predicted molar refractivity (Wildman–Crippen MR) is 73.7 cm³/mol. The van der Waals surface area contributed by atoms with Crippen LogP contribution in [0.25, 0.3) is 0 Å². The fourth-order valence-corrected chi connectivity index (χ4v) is 2.36. The molecule has 0 aromatic heterocycles. The Hall–Kier alpha value is -1.55. The van der Waals surface area contributed by atoms with Crippen LogP contribution in [-0.4, -0.2) is 33.2 Å². The van der Waals surface area contributed by atoms with E-state index in [1.54, 1.807) is 7.05 Å². The summed E-state index contributed by atoms with van der Waals surface area (Å²) in [6, 6.07) is 10.4. The predicted octanol–water partition coefficient (Wildman–Crippen LogP) is 1.56. The van der Waals surface area contributed by atoms with Gasteiger partial charge in [0.2, 0.25) is 0 Å². The highest BCUT2D eigenvalue weighted by Crippen LogP contribution is 2.33. The third-order valence-corrected chi connectivity index (χ3v) is 3.33. The highest BCUT2D eigenvalue weighted by molar-refractivity contribution is 5.79. The summed E-state index contributed by atoms with van der Waals surface area (Å²) >= 11 is 0. The standard InChI is InChI=1S/C14H21N3O/c1-15-14(16-2)17-10-12-8-9-18-13(12)11-6-4-3-5-7-11/h3-7,12-13H,8-10H2,1-2H3,(H2,15,16,17)/t12-,13-/m0/s1. The van der Waals surface area contributed by atoms with Crippen molar-refractivity contribution in [1.82, 2.24) is 10.6 Å². The number of ether oxygens (including phenoxy) is 1. The first-order valence-corrected chi connectivity index (χ1v) is 6.40. The second-order valence-electron chi connectivity index (χ2n) is 4.45. The summed E-state index contributed by atoms with van der Waals surface area (Å²) in [4.78, 5) is 4.12. The number of benzene rings is 1. The molecule has 0 spiro atoms. The molecule has 4 heteroatoms. The number of rotatable bonds is 3. The van der Waals surface area contributed by atoms with Crippen LogP contribution < -0.4 is 10.6 Å². The van der Waals surface area contributed by atoms with Crippen molar-refractivity contribution in [2.24, 2.45) is 10.9 Å². The molecular formula is C14H21N3O. The van der Waals surface area contributed by atoms with Crippen molar-refractivity contribution < 1.29 is 4.74 Å². The highest BCUT2D eigenvalue weighted by atomic mass is 16.5. The first-order chi connectivity index (χ1) is 8.85. The van der Waals surface area contributed by atoms with Gasteiger partial charge in [-0.05, 0) is 12.0 Å². The van der Waals surface area contributed by atoms with Gasteiger partial charge in [0.15, 0.2) is 5.96 Å². The summed E-state index contributed by atoms with van der Waals surface area (Å²) < 4.78 is 5.85. The van der Waals surface area contributed by atoms with Gasteiger partial charge in [-0.1, -0.05) is 30.3 Å². The van der Waals surface area contributed by atoms with Gasteiger partial charge >= 0.3 is 0 Å². The Morgan fingerprint density at radius 3 is 2.83 bits per heavy atom. The molecule has 1 aliphatic rings. The van der Waals surface area contributed by atoms with Gasteiger partial charge in [0.05, 0.1) is 6.10 Å². The largest absolute Gasteiger partial charge is 0.373 e. The lowest BCUT2D eigenvalue weighted by Crippen LogP contribution is -2.38. The molecule has 4 nitrogen and oxygen atoms in total. The van der Waals surface area contributed by atoms with E-state index in [4.69, 9.17) is 4.74 Å². The smallest absolute Gasteiger partial charge is 0.190 e. The summed E-state index contributed by atoms with van der Waals surface area (Å²) in [5.41, 5.74) is 1.27. The summed E-state index contributed by atoms with van der Waals surface area (Å²) in [6.45, 7) is 1.72. The summed E-state index contributed by atoms with van der Waals surface area (Å²) in [5, 5.41) is 6.35. The second kappa shape index (κ2) is 6.40. The van der Waals surface area contributed by atoms with Gasteiger partial charge in [-0.3, -0.25) is 4.99 Å². The fraction of sp³-hybridized carbons (Fsp3) is 0.500. The van der Waals surface area contributed by atoms with Crippen molar-refractivity contribution in [3.05, 3.63) is 35.9 Å². The molecule has 2 atom stereocenters. The first kappa shape index (κ1) is 12.9. The molecule has 0 saturated carbocycles. The van der Waals surface area contributed by atoms with E-state index in [-0.39, 0.29) is 6.10 Å². The number of hydrogen-bond acceptors (Lipinski definition) is 2. The zero-order chi connectivity index (χ0) is 12.8. The van der Waals surface area contributed by atoms with Crippen molar-refractivity contribution in [3.63, 3.8) is 0 Å². The van der Waals surface area contributed by atoms with Crippen LogP contribution in [0.5, 0.6) is 0 Å². The third kappa shape index (κ3) is 3.01. The number of nitrogens with one attached hydrogen (secondary N) is 2. The van der Waals surface area contributed by atoms with E-state index < -0.39 is 0 Å². The zero-order valence-corrected chi connectivity index (χ0v) is 11.0. The zero-order valence-electron chi connectivity index (χ0n) is 11.0. The van der Waals surface area contributed by atoms with Crippen LogP contribution in [0.1, 0.15) is 18.1 Å². The lowest BCUT2D eigenvalue weighted by molar-refractivity contribution is 0.0915. The Kier molecular flexibility index (Phi) is 4.59. The lowest BCUT2D eigenvalue weighted by atomic mass is 9.95. The Labute approximate surface area is 108 Å². The molecular weight excluding hydrogens is 226 g/mol. The maximum absolute atomic E-state index is 5.85. The molecule has 1 fully saturated rings. The van der Waals surface area contributed by atoms with Gasteiger partial charge in [0.25, 0.3) is 0 Å². The minimum Gasteiger partial charge on any atom is -0.373 e. The minimum absolute atomic E-state index is 0.202. The van der Waals surface area contributed by atoms with Gasteiger partial charge in [-0.2, -0.15) is 0 Å². The van der Waals surface area contributed by atoms with E-state index in [0.29, 0.717) is 5.92 Å². The van der Waals surface area contributed by atoms with Crippen LogP contribution in [0.2, 0.25) is 0 Å². The Balaban J connectivity index is 1.96. The lowest BCUT2D eigenvalue weighted by Gasteiger charge is -2.20. The summed E-state index contributed by atoms with van der Waals surface area (Å²) in [5.74, 6) is 1.33. The molecule has 2 rings (SSSR count). The minimum atomic E-state index is 0.202. The van der Waals surface area contributed by atoms with E-state index in [2.05, 4.69) is 39.9 Å². The number of guanidine groups is 1. The molecule has 1 aromatic carbocycles. The maximum Gasteiger partial charge on any atom is 0.190 e. The second-order valence-corrected chi connectivity index (χ2v) is 4.45. The molecule has 18 heavy (non-hydrogen) atoms. The molecule has 98 valence electrons. The molecule has 0 amide bonds. The number of hydrogen-bond donors (Lipinski definition) is 2. The van der Waals surface area contributed by atoms with Crippen molar-refractivity contribution in [3.8, 4) is 0 Å². The quantitative estimate of drug-likeness (QED) is 0.629. The van der Waals surface area contributed by atoms with Crippen LogP contribution in [0.3, 0.4) is 0 Å². The van der Waals surface area contributed by atoms with Crippen molar-refractivity contribution in [1.29, 1.82) is 0 Å². The van der Waals surface area contributed by atoms with Crippen LogP contribution in [-0.2, 0) is 4.74 Å². The van der Waals surface area contributed by atoms with Gasteiger partial charge in [0.1, 0.15) is 0 Å². The molecule has 2 N–H and O–H groups in total. The monoisotopic (exact) mass is 247 g/mol. The van der Waals surface area contributed by atoms with Gasteiger partial charge in [-0.15, -0.1) is 0 Å². The van der Waals surface area contributed by atoms with Crippen molar-refractivity contribution in [2.45, 2.75) is 12.5 Å². The molecule has 1 saturated heterocycles. The molecule has 1 heterocycles. The maximum atomic E-state index is 5.85. The molecule has 0 bridgehead atoms. The molecule has 1 aliphatic heterocycles. The van der Waals surface area contributed by atoms with E-state index >= 15 is 0 Å². The number of nitrogens with zero attached hydrogens (tertiary/aromatic N) is 1. The van der Waals surface area contributed by atoms with Gasteiger partial charge in [-0.25, -0.2) is 0 Å². The average Bonchev–Trinajstić information content (AvgIpc) is 2.89. The third-order valence-electron chi connectivity index (χ3n) is 3.33. The molecule has 1 aromatic rings. The van der Waals surface area contributed by atoms with Crippen molar-refractivity contribution >= 4 is 5.96 Å². The van der Waals surface area contributed by atoms with Gasteiger partial charge in [0, 0.05) is 33.2 Å². The molecule has 0 radical (unpaired) electrons. The Morgan fingerprint density at radius 1 is 1.39 bits per heavy atom.